The molecule has 1 unspecified atom stereocenters. The number of carbonyl (C=O) groups is 2. The SMILES string of the molecule is CC(C)c1ccc(C[NH+](C)CC(=O)NNC(=O)c2ccccc2Br)cc1. The van der Waals surface area contributed by atoms with E-state index in [9.17, 15) is 9.59 Å². The molecule has 2 amide bonds. The van der Waals surface area contributed by atoms with Gasteiger partial charge in [0.05, 0.1) is 12.6 Å². The number of likely N-dealkylation sites (N-methyl/N-ethyl adjacent to an activating group) is 1. The molecule has 0 radical (unpaired) electrons. The average molecular weight is 419 g/mol. The van der Waals surface area contributed by atoms with Crippen LogP contribution >= 0.6 is 15.9 Å². The van der Waals surface area contributed by atoms with Crippen molar-refractivity contribution in [1.82, 2.24) is 10.9 Å². The second-order valence-corrected chi connectivity index (χ2v) is 7.54. The molecule has 0 aliphatic heterocycles. The lowest BCUT2D eigenvalue weighted by Gasteiger charge is -2.15. The number of hydrogen-bond acceptors (Lipinski definition) is 2. The van der Waals surface area contributed by atoms with Gasteiger partial charge in [-0.05, 0) is 39.5 Å². The lowest BCUT2D eigenvalue weighted by Crippen LogP contribution is -3.09. The molecule has 0 heterocycles. The molecule has 0 spiro atoms. The van der Waals surface area contributed by atoms with E-state index in [4.69, 9.17) is 0 Å². The second-order valence-electron chi connectivity index (χ2n) is 6.69. The number of amides is 2. The van der Waals surface area contributed by atoms with Gasteiger partial charge in [0, 0.05) is 10.0 Å². The predicted molar refractivity (Wildman–Crippen MR) is 106 cm³/mol. The van der Waals surface area contributed by atoms with Gasteiger partial charge in [0.1, 0.15) is 6.54 Å². The van der Waals surface area contributed by atoms with Gasteiger partial charge in [-0.15, -0.1) is 0 Å². The number of rotatable bonds is 6. The highest BCUT2D eigenvalue weighted by Crippen LogP contribution is 2.15. The molecule has 1 atom stereocenters. The topological polar surface area (TPSA) is 62.6 Å². The number of hydrazine groups is 1. The first-order chi connectivity index (χ1) is 12.4. The Morgan fingerprint density at radius 1 is 1.04 bits per heavy atom. The van der Waals surface area contributed by atoms with Crippen LogP contribution in [0.25, 0.3) is 0 Å². The zero-order valence-corrected chi connectivity index (χ0v) is 16.9. The van der Waals surface area contributed by atoms with Crippen LogP contribution in [0.1, 0.15) is 41.3 Å². The van der Waals surface area contributed by atoms with Crippen LogP contribution in [0, 0.1) is 0 Å². The summed E-state index contributed by atoms with van der Waals surface area (Å²) in [6, 6.07) is 15.5. The van der Waals surface area contributed by atoms with Gasteiger partial charge in [-0.1, -0.05) is 50.2 Å². The highest BCUT2D eigenvalue weighted by molar-refractivity contribution is 9.10. The molecule has 2 aromatic carbocycles. The van der Waals surface area contributed by atoms with E-state index in [1.165, 1.54) is 11.1 Å². The van der Waals surface area contributed by atoms with Crippen molar-refractivity contribution in [2.75, 3.05) is 13.6 Å². The number of benzene rings is 2. The first-order valence-electron chi connectivity index (χ1n) is 8.60. The fourth-order valence-electron chi connectivity index (χ4n) is 2.59. The minimum Gasteiger partial charge on any atom is -0.326 e. The molecule has 3 N–H and O–H groups in total. The summed E-state index contributed by atoms with van der Waals surface area (Å²) >= 11 is 3.32. The van der Waals surface area contributed by atoms with Crippen LogP contribution in [0.2, 0.25) is 0 Å². The summed E-state index contributed by atoms with van der Waals surface area (Å²) in [7, 11) is 1.95. The highest BCUT2D eigenvalue weighted by atomic mass is 79.9. The minimum atomic E-state index is -0.354. The molecule has 2 aromatic rings. The zero-order valence-electron chi connectivity index (χ0n) is 15.3. The van der Waals surface area contributed by atoms with Crippen molar-refractivity contribution in [3.8, 4) is 0 Å². The first kappa shape index (κ1) is 20.1. The molecule has 0 saturated carbocycles. The third-order valence-electron chi connectivity index (χ3n) is 4.05. The number of quaternary nitrogens is 1. The molecule has 0 aromatic heterocycles. The summed E-state index contributed by atoms with van der Waals surface area (Å²) in [5.41, 5.74) is 7.87. The molecule has 0 bridgehead atoms. The molecule has 138 valence electrons. The smallest absolute Gasteiger partial charge is 0.293 e. The summed E-state index contributed by atoms with van der Waals surface area (Å²) in [4.78, 5) is 25.2. The van der Waals surface area contributed by atoms with Gasteiger partial charge in [-0.3, -0.25) is 20.4 Å². The molecule has 0 aliphatic carbocycles. The Kier molecular flexibility index (Phi) is 7.36. The van der Waals surface area contributed by atoms with E-state index < -0.39 is 0 Å². The molecule has 6 heteroatoms. The normalized spacial score (nSPS) is 11.9. The Balaban J connectivity index is 1.80. The quantitative estimate of drug-likeness (QED) is 0.628. The minimum absolute atomic E-state index is 0.235. The maximum atomic E-state index is 12.1. The molecular weight excluding hydrogens is 394 g/mol. The number of carbonyl (C=O) groups excluding carboxylic acids is 2. The lowest BCUT2D eigenvalue weighted by molar-refractivity contribution is -0.885. The van der Waals surface area contributed by atoms with Crippen molar-refractivity contribution in [3.63, 3.8) is 0 Å². The average Bonchev–Trinajstić information content (AvgIpc) is 2.60. The number of nitrogens with one attached hydrogen (secondary N) is 3. The van der Waals surface area contributed by atoms with Crippen LogP contribution in [-0.4, -0.2) is 25.4 Å². The van der Waals surface area contributed by atoms with E-state index in [1.54, 1.807) is 18.2 Å². The fourth-order valence-corrected chi connectivity index (χ4v) is 3.05. The molecule has 26 heavy (non-hydrogen) atoms. The zero-order chi connectivity index (χ0) is 19.1. The number of halogens is 1. The van der Waals surface area contributed by atoms with E-state index >= 15 is 0 Å². The van der Waals surface area contributed by atoms with E-state index in [-0.39, 0.29) is 18.4 Å². The van der Waals surface area contributed by atoms with Crippen molar-refractivity contribution in [2.45, 2.75) is 26.3 Å². The Bertz CT molecular complexity index is 760. The Hall–Kier alpha value is -2.18. The van der Waals surface area contributed by atoms with Crippen LogP contribution in [0.4, 0.5) is 0 Å². The summed E-state index contributed by atoms with van der Waals surface area (Å²) in [6.07, 6.45) is 0. The third-order valence-corrected chi connectivity index (χ3v) is 4.74. The molecule has 0 aliphatic rings. The van der Waals surface area contributed by atoms with E-state index in [0.29, 0.717) is 16.0 Å². The van der Waals surface area contributed by atoms with Crippen LogP contribution in [0.5, 0.6) is 0 Å². The van der Waals surface area contributed by atoms with Crippen LogP contribution in [0.3, 0.4) is 0 Å². The van der Waals surface area contributed by atoms with Gasteiger partial charge < -0.3 is 4.90 Å². The molecule has 0 fully saturated rings. The van der Waals surface area contributed by atoms with Crippen molar-refractivity contribution >= 4 is 27.7 Å². The predicted octanol–water partition coefficient (Wildman–Crippen LogP) is 2.05. The van der Waals surface area contributed by atoms with E-state index in [0.717, 1.165) is 11.4 Å². The van der Waals surface area contributed by atoms with Crippen molar-refractivity contribution in [1.29, 1.82) is 0 Å². The first-order valence-corrected chi connectivity index (χ1v) is 9.40. The van der Waals surface area contributed by atoms with Gasteiger partial charge in [-0.25, -0.2) is 0 Å². The highest BCUT2D eigenvalue weighted by Gasteiger charge is 2.13. The third kappa shape index (κ3) is 5.97. The van der Waals surface area contributed by atoms with Gasteiger partial charge >= 0.3 is 0 Å². The Labute approximate surface area is 162 Å². The van der Waals surface area contributed by atoms with Gasteiger partial charge in [-0.2, -0.15) is 0 Å². The standard InChI is InChI=1S/C20H24BrN3O2/c1-14(2)16-10-8-15(9-11-16)12-24(3)13-19(25)22-23-20(26)17-6-4-5-7-18(17)21/h4-11,14H,12-13H2,1-3H3,(H,22,25)(H,23,26)/p+1. The lowest BCUT2D eigenvalue weighted by atomic mass is 10.0. The van der Waals surface area contributed by atoms with Crippen LogP contribution in [-0.2, 0) is 11.3 Å². The summed E-state index contributed by atoms with van der Waals surface area (Å²) in [5, 5.41) is 0. The van der Waals surface area contributed by atoms with E-state index in [2.05, 4.69) is 64.9 Å². The van der Waals surface area contributed by atoms with Crippen molar-refractivity contribution in [3.05, 3.63) is 69.7 Å². The second kappa shape index (κ2) is 9.50. The van der Waals surface area contributed by atoms with Gasteiger partial charge in [0.15, 0.2) is 6.54 Å². The van der Waals surface area contributed by atoms with Crippen LogP contribution in [0.15, 0.2) is 53.0 Å². The van der Waals surface area contributed by atoms with Gasteiger partial charge in [0.25, 0.3) is 11.8 Å². The van der Waals surface area contributed by atoms with Crippen molar-refractivity contribution < 1.29 is 14.5 Å². The van der Waals surface area contributed by atoms with E-state index in [1.807, 2.05) is 13.1 Å². The number of hydrogen-bond donors (Lipinski definition) is 3. The van der Waals surface area contributed by atoms with Gasteiger partial charge in [0.2, 0.25) is 0 Å². The molecule has 0 saturated heterocycles. The largest absolute Gasteiger partial charge is 0.326 e. The maximum Gasteiger partial charge on any atom is 0.293 e. The maximum absolute atomic E-state index is 12.1. The fraction of sp³-hybridized carbons (Fsp3) is 0.300. The monoisotopic (exact) mass is 418 g/mol. The summed E-state index contributed by atoms with van der Waals surface area (Å²) in [6.45, 7) is 5.34. The van der Waals surface area contributed by atoms with Crippen LogP contribution < -0.4 is 15.8 Å². The summed E-state index contributed by atoms with van der Waals surface area (Å²) < 4.78 is 0.680. The molecule has 5 nitrogen and oxygen atoms in total. The Morgan fingerprint density at radius 2 is 1.69 bits per heavy atom. The molecule has 2 rings (SSSR count). The summed E-state index contributed by atoms with van der Waals surface area (Å²) in [5.74, 6) is -0.0809. The molecular formula is C20H25BrN3O2+. The van der Waals surface area contributed by atoms with Crippen molar-refractivity contribution in [2.24, 2.45) is 0 Å². The Morgan fingerprint density at radius 3 is 2.31 bits per heavy atom.